The molecule has 0 aromatic heterocycles. The van der Waals surface area contributed by atoms with Gasteiger partial charge in [-0.3, -0.25) is 14.9 Å². The number of nitrogens with zero attached hydrogens (tertiary/aromatic N) is 1. The van der Waals surface area contributed by atoms with Gasteiger partial charge in [-0.05, 0) is 49.2 Å². The van der Waals surface area contributed by atoms with Crippen LogP contribution in [-0.4, -0.2) is 24.5 Å². The summed E-state index contributed by atoms with van der Waals surface area (Å²) >= 11 is 3.40. The van der Waals surface area contributed by atoms with E-state index in [2.05, 4.69) is 21.2 Å². The normalized spacial score (nSPS) is 10.2. The average Bonchev–Trinajstić information content (AvgIpc) is 2.53. The van der Waals surface area contributed by atoms with Gasteiger partial charge >= 0.3 is 0 Å². The summed E-state index contributed by atoms with van der Waals surface area (Å²) in [4.78, 5) is 22.7. The van der Waals surface area contributed by atoms with E-state index in [-0.39, 0.29) is 18.0 Å². The Bertz CT molecular complexity index is 800. The number of nitrogens with one attached hydrogen (secondary N) is 1. The van der Waals surface area contributed by atoms with E-state index in [0.717, 1.165) is 15.6 Å². The summed E-state index contributed by atoms with van der Waals surface area (Å²) < 4.78 is 11.5. The molecule has 0 aliphatic rings. The van der Waals surface area contributed by atoms with Gasteiger partial charge in [0.15, 0.2) is 6.61 Å². The lowest BCUT2D eigenvalue weighted by Crippen LogP contribution is -2.21. The fourth-order valence-electron chi connectivity index (χ4n) is 2.34. The summed E-state index contributed by atoms with van der Waals surface area (Å²) in [6.07, 6.45) is 0. The first kappa shape index (κ1) is 18.7. The maximum atomic E-state index is 12.1. The highest BCUT2D eigenvalue weighted by Gasteiger charge is 2.18. The quantitative estimate of drug-likeness (QED) is 0.575. The Hall–Kier alpha value is -2.61. The van der Waals surface area contributed by atoms with Gasteiger partial charge in [0.1, 0.15) is 17.2 Å². The van der Waals surface area contributed by atoms with Gasteiger partial charge in [-0.2, -0.15) is 0 Å². The second kappa shape index (κ2) is 7.98. The molecule has 0 fully saturated rings. The van der Waals surface area contributed by atoms with Crippen LogP contribution in [0.2, 0.25) is 0 Å². The first-order valence-corrected chi connectivity index (χ1v) is 8.13. The van der Waals surface area contributed by atoms with Crippen LogP contribution in [0.25, 0.3) is 0 Å². The third kappa shape index (κ3) is 4.69. The van der Waals surface area contributed by atoms with Crippen LogP contribution < -0.4 is 14.8 Å². The van der Waals surface area contributed by atoms with Crippen LogP contribution >= 0.6 is 15.9 Å². The summed E-state index contributed by atoms with van der Waals surface area (Å²) in [7, 11) is 1.41. The first-order chi connectivity index (χ1) is 11.8. The van der Waals surface area contributed by atoms with Crippen molar-refractivity contribution in [3.8, 4) is 11.5 Å². The molecule has 0 aliphatic heterocycles. The van der Waals surface area contributed by atoms with Crippen molar-refractivity contribution in [3.05, 3.63) is 56.0 Å². The molecule has 0 atom stereocenters. The van der Waals surface area contributed by atoms with Crippen molar-refractivity contribution in [2.75, 3.05) is 19.0 Å². The largest absolute Gasteiger partial charge is 0.496 e. The molecular formula is C17H17BrN2O5. The van der Waals surface area contributed by atoms with E-state index in [4.69, 9.17) is 9.47 Å². The molecule has 7 nitrogen and oxygen atoms in total. The zero-order chi connectivity index (χ0) is 18.6. The molecule has 0 bridgehead atoms. The molecular weight excluding hydrogens is 392 g/mol. The summed E-state index contributed by atoms with van der Waals surface area (Å²) in [5, 5.41) is 13.6. The van der Waals surface area contributed by atoms with E-state index in [1.165, 1.54) is 25.3 Å². The highest BCUT2D eigenvalue weighted by Crippen LogP contribution is 2.29. The van der Waals surface area contributed by atoms with Crippen LogP contribution in [0.15, 0.2) is 34.8 Å². The van der Waals surface area contributed by atoms with Gasteiger partial charge in [-0.1, -0.05) is 15.9 Å². The highest BCUT2D eigenvalue weighted by atomic mass is 79.9. The SMILES string of the molecule is COc1ccc(NC(=O)COc2c(C)cc(Br)cc2C)c([N+](=O)[O-])c1. The maximum absolute atomic E-state index is 12.1. The van der Waals surface area contributed by atoms with Crippen molar-refractivity contribution in [1.29, 1.82) is 0 Å². The van der Waals surface area contributed by atoms with Crippen molar-refractivity contribution >= 4 is 33.2 Å². The summed E-state index contributed by atoms with van der Waals surface area (Å²) in [6.45, 7) is 3.49. The van der Waals surface area contributed by atoms with Gasteiger partial charge < -0.3 is 14.8 Å². The molecule has 0 saturated carbocycles. The van der Waals surface area contributed by atoms with E-state index in [1.54, 1.807) is 0 Å². The highest BCUT2D eigenvalue weighted by molar-refractivity contribution is 9.10. The van der Waals surface area contributed by atoms with E-state index < -0.39 is 10.8 Å². The molecule has 0 heterocycles. The minimum atomic E-state index is -0.581. The van der Waals surface area contributed by atoms with Crippen molar-refractivity contribution in [1.82, 2.24) is 0 Å². The van der Waals surface area contributed by atoms with Gasteiger partial charge in [-0.25, -0.2) is 0 Å². The fourth-order valence-corrected chi connectivity index (χ4v) is 3.03. The molecule has 132 valence electrons. The van der Waals surface area contributed by atoms with Crippen molar-refractivity contribution in [3.63, 3.8) is 0 Å². The van der Waals surface area contributed by atoms with E-state index in [9.17, 15) is 14.9 Å². The molecule has 0 aliphatic carbocycles. The summed E-state index contributed by atoms with van der Waals surface area (Å²) in [5.74, 6) is 0.458. The van der Waals surface area contributed by atoms with E-state index >= 15 is 0 Å². The van der Waals surface area contributed by atoms with Gasteiger partial charge in [0.05, 0.1) is 18.1 Å². The number of nitro groups is 1. The lowest BCUT2D eigenvalue weighted by Gasteiger charge is -2.13. The van der Waals surface area contributed by atoms with E-state index in [0.29, 0.717) is 11.5 Å². The van der Waals surface area contributed by atoms with Gasteiger partial charge in [0, 0.05) is 4.47 Å². The number of hydrogen-bond donors (Lipinski definition) is 1. The number of hydrogen-bond acceptors (Lipinski definition) is 5. The fraction of sp³-hybridized carbons (Fsp3) is 0.235. The Morgan fingerprint density at radius 1 is 1.24 bits per heavy atom. The third-order valence-electron chi connectivity index (χ3n) is 3.45. The number of anilines is 1. The zero-order valence-corrected chi connectivity index (χ0v) is 15.5. The molecule has 0 radical (unpaired) electrons. The number of methoxy groups -OCH3 is 1. The number of nitro benzene ring substituents is 1. The number of aryl methyl sites for hydroxylation is 2. The van der Waals surface area contributed by atoms with Crippen molar-refractivity contribution < 1.29 is 19.2 Å². The lowest BCUT2D eigenvalue weighted by molar-refractivity contribution is -0.384. The monoisotopic (exact) mass is 408 g/mol. The van der Waals surface area contributed by atoms with Crippen LogP contribution in [0, 0.1) is 24.0 Å². The molecule has 1 N–H and O–H groups in total. The molecule has 2 rings (SSSR count). The molecule has 0 saturated heterocycles. The third-order valence-corrected chi connectivity index (χ3v) is 3.91. The number of benzene rings is 2. The molecule has 2 aromatic rings. The van der Waals surface area contributed by atoms with Gasteiger partial charge in [0.2, 0.25) is 0 Å². The van der Waals surface area contributed by atoms with Crippen LogP contribution in [0.1, 0.15) is 11.1 Å². The lowest BCUT2D eigenvalue weighted by atomic mass is 10.1. The molecule has 8 heteroatoms. The molecule has 1 amide bonds. The predicted molar refractivity (Wildman–Crippen MR) is 97.4 cm³/mol. The van der Waals surface area contributed by atoms with Crippen LogP contribution in [0.4, 0.5) is 11.4 Å². The topological polar surface area (TPSA) is 90.7 Å². The number of halogens is 1. The number of ether oxygens (including phenoxy) is 2. The Morgan fingerprint density at radius 3 is 2.44 bits per heavy atom. The van der Waals surface area contributed by atoms with Crippen LogP contribution in [0.3, 0.4) is 0 Å². The minimum Gasteiger partial charge on any atom is -0.496 e. The Morgan fingerprint density at radius 2 is 1.88 bits per heavy atom. The summed E-state index contributed by atoms with van der Waals surface area (Å²) in [6, 6.07) is 7.97. The molecule has 0 unspecified atom stereocenters. The standard InChI is InChI=1S/C17H17BrN2O5/c1-10-6-12(18)7-11(2)17(10)25-9-16(21)19-14-5-4-13(24-3)8-15(14)20(22)23/h4-8H,9H2,1-3H3,(H,19,21). The van der Waals surface area contributed by atoms with Crippen molar-refractivity contribution in [2.24, 2.45) is 0 Å². The molecule has 0 spiro atoms. The molecule has 25 heavy (non-hydrogen) atoms. The van der Waals surface area contributed by atoms with Crippen LogP contribution in [0.5, 0.6) is 11.5 Å². The smallest absolute Gasteiger partial charge is 0.296 e. The Kier molecular flexibility index (Phi) is 5.97. The second-order valence-electron chi connectivity index (χ2n) is 5.35. The second-order valence-corrected chi connectivity index (χ2v) is 6.26. The molecule has 2 aromatic carbocycles. The van der Waals surface area contributed by atoms with Gasteiger partial charge in [-0.15, -0.1) is 0 Å². The summed E-state index contributed by atoms with van der Waals surface area (Å²) in [5.41, 5.74) is 1.61. The predicted octanol–water partition coefficient (Wildman–Crippen LogP) is 4.00. The van der Waals surface area contributed by atoms with Crippen molar-refractivity contribution in [2.45, 2.75) is 13.8 Å². The minimum absolute atomic E-state index is 0.0867. The average molecular weight is 409 g/mol. The number of rotatable bonds is 6. The van der Waals surface area contributed by atoms with E-state index in [1.807, 2.05) is 26.0 Å². The van der Waals surface area contributed by atoms with Crippen LogP contribution in [-0.2, 0) is 4.79 Å². The first-order valence-electron chi connectivity index (χ1n) is 7.33. The van der Waals surface area contributed by atoms with Gasteiger partial charge in [0.25, 0.3) is 11.6 Å². The number of amides is 1. The Balaban J connectivity index is 2.10. The maximum Gasteiger partial charge on any atom is 0.296 e. The zero-order valence-electron chi connectivity index (χ0n) is 14.0. The Labute approximate surface area is 153 Å². The number of carbonyl (C=O) groups excluding carboxylic acids is 1. The number of carbonyl (C=O) groups is 1.